The molecule has 0 amide bonds. The molecule has 1 aliphatic heterocycles. The Bertz CT molecular complexity index is 819. The van der Waals surface area contributed by atoms with Crippen LogP contribution in [-0.4, -0.2) is 43.4 Å². The summed E-state index contributed by atoms with van der Waals surface area (Å²) in [5, 5.41) is 0.620. The number of fused-ring (bicyclic) bond motifs is 1. The molecule has 0 radical (unpaired) electrons. The Morgan fingerprint density at radius 3 is 3.04 bits per heavy atom. The fourth-order valence-electron chi connectivity index (χ4n) is 3.10. The highest BCUT2D eigenvalue weighted by Crippen LogP contribution is 2.19. The molecule has 1 aliphatic rings. The van der Waals surface area contributed by atoms with Crippen LogP contribution in [0.2, 0.25) is 5.02 Å². The number of nitrogens with zero attached hydrogens (tertiary/aromatic N) is 5. The standard InChI is InChI=1S/C17H18ClN5O/c18-13-3-4-17(21-8-13)24-15-2-1-6-22(12-15)11-14-9-20-16-10-19-5-7-23(14)16/h3-5,7-10,15H,1-2,6,11-12H2/t15-/m0/s1. The van der Waals surface area contributed by atoms with E-state index in [9.17, 15) is 0 Å². The van der Waals surface area contributed by atoms with Crippen molar-refractivity contribution in [2.75, 3.05) is 13.1 Å². The summed E-state index contributed by atoms with van der Waals surface area (Å²) in [4.78, 5) is 15.1. The van der Waals surface area contributed by atoms with Crippen molar-refractivity contribution in [1.29, 1.82) is 0 Å². The Kier molecular flexibility index (Phi) is 4.32. The summed E-state index contributed by atoms with van der Waals surface area (Å²) in [6, 6.07) is 3.62. The summed E-state index contributed by atoms with van der Waals surface area (Å²) < 4.78 is 8.08. The van der Waals surface area contributed by atoms with Gasteiger partial charge in [-0.25, -0.2) is 9.97 Å². The lowest BCUT2D eigenvalue weighted by Gasteiger charge is -2.32. The van der Waals surface area contributed by atoms with Gasteiger partial charge in [-0.15, -0.1) is 0 Å². The Morgan fingerprint density at radius 1 is 1.21 bits per heavy atom. The third kappa shape index (κ3) is 3.34. The highest BCUT2D eigenvalue weighted by molar-refractivity contribution is 6.30. The molecular weight excluding hydrogens is 326 g/mol. The number of halogens is 1. The molecule has 24 heavy (non-hydrogen) atoms. The molecule has 3 aromatic rings. The van der Waals surface area contributed by atoms with E-state index < -0.39 is 0 Å². The molecule has 1 saturated heterocycles. The first-order valence-corrected chi connectivity index (χ1v) is 8.42. The minimum atomic E-state index is 0.147. The zero-order chi connectivity index (χ0) is 16.4. The zero-order valence-corrected chi connectivity index (χ0v) is 13.9. The average Bonchev–Trinajstić information content (AvgIpc) is 3.01. The molecule has 0 bridgehead atoms. The van der Waals surface area contributed by atoms with Gasteiger partial charge in [0.15, 0.2) is 5.65 Å². The van der Waals surface area contributed by atoms with Gasteiger partial charge in [-0.2, -0.15) is 0 Å². The van der Waals surface area contributed by atoms with E-state index in [1.165, 1.54) is 0 Å². The van der Waals surface area contributed by atoms with Crippen molar-refractivity contribution >= 4 is 17.2 Å². The number of hydrogen-bond acceptors (Lipinski definition) is 5. The van der Waals surface area contributed by atoms with Crippen molar-refractivity contribution in [3.8, 4) is 5.88 Å². The lowest BCUT2D eigenvalue weighted by atomic mass is 10.1. The van der Waals surface area contributed by atoms with Gasteiger partial charge in [0.05, 0.1) is 23.1 Å². The Hall–Kier alpha value is -2.18. The van der Waals surface area contributed by atoms with Gasteiger partial charge in [-0.3, -0.25) is 14.3 Å². The first-order chi connectivity index (χ1) is 11.8. The van der Waals surface area contributed by atoms with E-state index in [0.717, 1.165) is 43.8 Å². The number of aromatic nitrogens is 4. The maximum absolute atomic E-state index is 6.00. The van der Waals surface area contributed by atoms with Crippen LogP contribution in [0.5, 0.6) is 5.88 Å². The number of likely N-dealkylation sites (tertiary alicyclic amines) is 1. The fraction of sp³-hybridized carbons (Fsp3) is 0.353. The molecule has 6 nitrogen and oxygen atoms in total. The largest absolute Gasteiger partial charge is 0.473 e. The SMILES string of the molecule is Clc1ccc(O[C@H]2CCCN(Cc3cnc4cnccn34)C2)nc1. The van der Waals surface area contributed by atoms with Crippen LogP contribution < -0.4 is 4.74 Å². The lowest BCUT2D eigenvalue weighted by molar-refractivity contribution is 0.0800. The molecule has 0 unspecified atom stereocenters. The Labute approximate surface area is 145 Å². The van der Waals surface area contributed by atoms with E-state index in [0.29, 0.717) is 10.9 Å². The predicted octanol–water partition coefficient (Wildman–Crippen LogP) is 2.82. The van der Waals surface area contributed by atoms with E-state index in [1.807, 2.05) is 18.5 Å². The zero-order valence-electron chi connectivity index (χ0n) is 13.2. The monoisotopic (exact) mass is 343 g/mol. The van der Waals surface area contributed by atoms with Crippen LogP contribution in [0.15, 0.2) is 43.1 Å². The quantitative estimate of drug-likeness (QED) is 0.729. The summed E-state index contributed by atoms with van der Waals surface area (Å²) in [5.74, 6) is 0.632. The van der Waals surface area contributed by atoms with Crippen molar-refractivity contribution in [3.05, 3.63) is 53.8 Å². The summed E-state index contributed by atoms with van der Waals surface area (Å²) in [7, 11) is 0. The van der Waals surface area contributed by atoms with Gasteiger partial charge in [0, 0.05) is 37.7 Å². The maximum atomic E-state index is 6.00. The molecule has 0 saturated carbocycles. The Morgan fingerprint density at radius 2 is 2.17 bits per heavy atom. The minimum Gasteiger partial charge on any atom is -0.473 e. The smallest absolute Gasteiger partial charge is 0.213 e. The van der Waals surface area contributed by atoms with Gasteiger partial charge in [0.2, 0.25) is 5.88 Å². The van der Waals surface area contributed by atoms with Crippen molar-refractivity contribution in [2.24, 2.45) is 0 Å². The first-order valence-electron chi connectivity index (χ1n) is 8.04. The highest BCUT2D eigenvalue weighted by atomic mass is 35.5. The third-order valence-electron chi connectivity index (χ3n) is 4.23. The van der Waals surface area contributed by atoms with Crippen LogP contribution in [0.3, 0.4) is 0 Å². The van der Waals surface area contributed by atoms with Crippen LogP contribution in [0, 0.1) is 0 Å². The molecule has 0 aromatic carbocycles. The van der Waals surface area contributed by atoms with Crippen LogP contribution in [0.1, 0.15) is 18.5 Å². The van der Waals surface area contributed by atoms with Crippen molar-refractivity contribution in [2.45, 2.75) is 25.5 Å². The fourth-order valence-corrected chi connectivity index (χ4v) is 3.21. The van der Waals surface area contributed by atoms with Crippen molar-refractivity contribution < 1.29 is 4.74 Å². The second kappa shape index (κ2) is 6.75. The van der Waals surface area contributed by atoms with Gasteiger partial charge in [0.1, 0.15) is 6.10 Å². The minimum absolute atomic E-state index is 0.147. The van der Waals surface area contributed by atoms with E-state index in [4.69, 9.17) is 16.3 Å². The molecule has 4 heterocycles. The number of piperidine rings is 1. The van der Waals surface area contributed by atoms with Crippen molar-refractivity contribution in [3.63, 3.8) is 0 Å². The first kappa shape index (κ1) is 15.4. The number of rotatable bonds is 4. The van der Waals surface area contributed by atoms with Gasteiger partial charge in [0.25, 0.3) is 0 Å². The van der Waals surface area contributed by atoms with E-state index in [2.05, 4.69) is 24.3 Å². The third-order valence-corrected chi connectivity index (χ3v) is 4.45. The summed E-state index contributed by atoms with van der Waals surface area (Å²) >= 11 is 5.87. The highest BCUT2D eigenvalue weighted by Gasteiger charge is 2.22. The van der Waals surface area contributed by atoms with Gasteiger partial charge >= 0.3 is 0 Å². The molecule has 3 aromatic heterocycles. The summed E-state index contributed by atoms with van der Waals surface area (Å²) in [5.41, 5.74) is 2.04. The molecule has 4 rings (SSSR count). The van der Waals surface area contributed by atoms with Gasteiger partial charge in [-0.05, 0) is 25.5 Å². The van der Waals surface area contributed by atoms with E-state index >= 15 is 0 Å². The van der Waals surface area contributed by atoms with Crippen LogP contribution in [-0.2, 0) is 6.54 Å². The molecule has 0 aliphatic carbocycles. The molecule has 124 valence electrons. The molecule has 7 heteroatoms. The topological polar surface area (TPSA) is 55.5 Å². The molecule has 1 fully saturated rings. The second-order valence-corrected chi connectivity index (χ2v) is 6.42. The van der Waals surface area contributed by atoms with Crippen molar-refractivity contribution in [1.82, 2.24) is 24.3 Å². The normalized spacial score (nSPS) is 18.8. The van der Waals surface area contributed by atoms with E-state index in [-0.39, 0.29) is 6.10 Å². The van der Waals surface area contributed by atoms with Crippen LogP contribution in [0.25, 0.3) is 5.65 Å². The predicted molar refractivity (Wildman–Crippen MR) is 91.2 cm³/mol. The number of pyridine rings is 1. The lowest BCUT2D eigenvalue weighted by Crippen LogP contribution is -2.40. The molecule has 1 atom stereocenters. The molecular formula is C17H18ClN5O. The summed E-state index contributed by atoms with van der Waals surface area (Å²) in [6.07, 6.45) is 11.3. The Balaban J connectivity index is 1.42. The molecule has 0 N–H and O–H groups in total. The second-order valence-electron chi connectivity index (χ2n) is 5.99. The maximum Gasteiger partial charge on any atom is 0.213 e. The van der Waals surface area contributed by atoms with Crippen LogP contribution in [0.4, 0.5) is 0 Å². The average molecular weight is 344 g/mol. The van der Waals surface area contributed by atoms with E-state index in [1.54, 1.807) is 24.7 Å². The van der Waals surface area contributed by atoms with Gasteiger partial charge < -0.3 is 4.74 Å². The number of ether oxygens (including phenoxy) is 1. The van der Waals surface area contributed by atoms with Crippen LogP contribution >= 0.6 is 11.6 Å². The number of hydrogen-bond donors (Lipinski definition) is 0. The van der Waals surface area contributed by atoms with Gasteiger partial charge in [-0.1, -0.05) is 11.6 Å². The number of imidazole rings is 1. The molecule has 0 spiro atoms. The summed E-state index contributed by atoms with van der Waals surface area (Å²) in [6.45, 7) is 2.79.